The Labute approximate surface area is 153 Å². The lowest BCUT2D eigenvalue weighted by atomic mass is 9.90. The third kappa shape index (κ3) is 3.89. The van der Waals surface area contributed by atoms with Crippen LogP contribution >= 0.6 is 15.9 Å². The summed E-state index contributed by atoms with van der Waals surface area (Å²) in [7, 11) is 0. The molecule has 3 aliphatic heterocycles. The second-order valence-corrected chi connectivity index (χ2v) is 9.28. The fraction of sp³-hybridized carbons (Fsp3) is 0.889. The van der Waals surface area contributed by atoms with Crippen LogP contribution in [-0.2, 0) is 9.53 Å². The van der Waals surface area contributed by atoms with Crippen molar-refractivity contribution in [3.8, 4) is 0 Å². The fourth-order valence-electron chi connectivity index (χ4n) is 4.50. The van der Waals surface area contributed by atoms with Crippen LogP contribution in [0.25, 0.3) is 0 Å². The van der Waals surface area contributed by atoms with Crippen LogP contribution in [0.5, 0.6) is 0 Å². The van der Waals surface area contributed by atoms with Crippen molar-refractivity contribution in [3.05, 3.63) is 0 Å². The van der Waals surface area contributed by atoms with E-state index in [9.17, 15) is 9.59 Å². The summed E-state index contributed by atoms with van der Waals surface area (Å²) in [5.41, 5.74) is -0.444. The number of piperidine rings is 1. The Kier molecular flexibility index (Phi) is 5.14. The summed E-state index contributed by atoms with van der Waals surface area (Å²) in [5, 5.41) is 0.900. The van der Waals surface area contributed by atoms with E-state index in [1.165, 1.54) is 0 Å². The second-order valence-electron chi connectivity index (χ2n) is 8.63. The number of carbonyl (C=O) groups is 2. The molecular weight excluding hydrogens is 372 g/mol. The van der Waals surface area contributed by atoms with Crippen LogP contribution in [0.15, 0.2) is 0 Å². The number of hydrogen-bond donors (Lipinski definition) is 0. The lowest BCUT2D eigenvalue weighted by Gasteiger charge is -2.40. The highest BCUT2D eigenvalue weighted by Crippen LogP contribution is 2.40. The summed E-state index contributed by atoms with van der Waals surface area (Å²) in [6, 6.07) is 0.571. The first-order valence-corrected chi connectivity index (χ1v) is 10.2. The molecule has 5 nitrogen and oxygen atoms in total. The minimum atomic E-state index is -0.444. The normalized spacial score (nSPS) is 33.2. The highest BCUT2D eigenvalue weighted by Gasteiger charge is 2.45. The van der Waals surface area contributed by atoms with Gasteiger partial charge in [0.25, 0.3) is 0 Å². The smallest absolute Gasteiger partial charge is 0.410 e. The molecule has 0 aliphatic carbocycles. The number of alkyl halides is 1. The van der Waals surface area contributed by atoms with Crippen molar-refractivity contribution in [1.29, 1.82) is 0 Å². The Morgan fingerprint density at radius 3 is 2.33 bits per heavy atom. The number of rotatable bonds is 3. The second kappa shape index (κ2) is 6.85. The maximum Gasteiger partial charge on any atom is 0.410 e. The maximum atomic E-state index is 12.5. The number of hydrogen-bond acceptors (Lipinski definition) is 3. The van der Waals surface area contributed by atoms with E-state index in [0.717, 1.165) is 44.1 Å². The Hall–Kier alpha value is -0.780. The molecule has 0 aromatic carbocycles. The van der Waals surface area contributed by atoms with E-state index < -0.39 is 5.60 Å². The van der Waals surface area contributed by atoms with Crippen LogP contribution in [0.4, 0.5) is 4.79 Å². The van der Waals surface area contributed by atoms with Crippen molar-refractivity contribution in [2.75, 3.05) is 18.4 Å². The van der Waals surface area contributed by atoms with Gasteiger partial charge in [-0.15, -0.1) is 0 Å². The van der Waals surface area contributed by atoms with Crippen molar-refractivity contribution >= 4 is 27.9 Å². The highest BCUT2D eigenvalue weighted by atomic mass is 79.9. The summed E-state index contributed by atoms with van der Waals surface area (Å²) >= 11 is 3.50. The van der Waals surface area contributed by atoms with Gasteiger partial charge in [0.15, 0.2) is 0 Å². The van der Waals surface area contributed by atoms with Crippen LogP contribution in [0, 0.1) is 11.8 Å². The molecule has 24 heavy (non-hydrogen) atoms. The third-order valence-corrected chi connectivity index (χ3v) is 6.34. The summed E-state index contributed by atoms with van der Waals surface area (Å²) in [4.78, 5) is 28.7. The van der Waals surface area contributed by atoms with Gasteiger partial charge in [-0.3, -0.25) is 4.79 Å². The molecule has 0 spiro atoms. The van der Waals surface area contributed by atoms with Gasteiger partial charge in [-0.2, -0.15) is 0 Å². The predicted molar refractivity (Wildman–Crippen MR) is 96.1 cm³/mol. The average molecular weight is 401 g/mol. The van der Waals surface area contributed by atoms with Crippen molar-refractivity contribution < 1.29 is 14.3 Å². The SMILES string of the molecule is CC(C)(C)OC(=O)N1[C@@H]2CC[C@H]1CC(CN1CC(CBr)CC1=O)C2. The number of amides is 2. The largest absolute Gasteiger partial charge is 0.444 e. The van der Waals surface area contributed by atoms with E-state index in [-0.39, 0.29) is 18.2 Å². The number of carbonyl (C=O) groups excluding carboxylic acids is 2. The molecule has 6 heteroatoms. The van der Waals surface area contributed by atoms with Gasteiger partial charge in [0.2, 0.25) is 5.91 Å². The molecule has 3 aliphatic rings. The van der Waals surface area contributed by atoms with Gasteiger partial charge < -0.3 is 14.5 Å². The lowest BCUT2D eigenvalue weighted by Crippen LogP contribution is -2.50. The first kappa shape index (κ1) is 18.0. The molecule has 2 amide bonds. The number of likely N-dealkylation sites (tertiary alicyclic amines) is 1. The molecule has 3 fully saturated rings. The minimum absolute atomic E-state index is 0.162. The third-order valence-electron chi connectivity index (χ3n) is 5.43. The van der Waals surface area contributed by atoms with Crippen LogP contribution in [0.2, 0.25) is 0 Å². The van der Waals surface area contributed by atoms with Gasteiger partial charge in [0.05, 0.1) is 0 Å². The van der Waals surface area contributed by atoms with E-state index in [4.69, 9.17) is 4.74 Å². The topological polar surface area (TPSA) is 49.9 Å². The predicted octanol–water partition coefficient (Wildman–Crippen LogP) is 3.41. The summed E-state index contributed by atoms with van der Waals surface area (Å²) in [6.07, 6.45) is 4.65. The van der Waals surface area contributed by atoms with E-state index in [1.807, 2.05) is 30.6 Å². The molecule has 3 heterocycles. The molecule has 0 radical (unpaired) electrons. The van der Waals surface area contributed by atoms with Crippen LogP contribution in [0.1, 0.15) is 52.9 Å². The maximum absolute atomic E-state index is 12.5. The number of halogens is 1. The van der Waals surface area contributed by atoms with Crippen LogP contribution in [-0.4, -0.2) is 57.9 Å². The summed E-state index contributed by atoms with van der Waals surface area (Å²) < 4.78 is 5.59. The molecule has 0 saturated carbocycles. The van der Waals surface area contributed by atoms with Crippen molar-refractivity contribution in [3.63, 3.8) is 0 Å². The zero-order valence-corrected chi connectivity index (χ0v) is 16.5. The minimum Gasteiger partial charge on any atom is -0.444 e. The lowest BCUT2D eigenvalue weighted by molar-refractivity contribution is -0.128. The average Bonchev–Trinajstić information content (AvgIpc) is 2.95. The van der Waals surface area contributed by atoms with Crippen molar-refractivity contribution in [1.82, 2.24) is 9.80 Å². The molecule has 0 aromatic rings. The van der Waals surface area contributed by atoms with Gasteiger partial charge in [0.1, 0.15) is 5.60 Å². The van der Waals surface area contributed by atoms with Crippen LogP contribution < -0.4 is 0 Å². The molecule has 0 N–H and O–H groups in total. The zero-order valence-electron chi connectivity index (χ0n) is 15.0. The number of ether oxygens (including phenoxy) is 1. The number of fused-ring (bicyclic) bond motifs is 2. The van der Waals surface area contributed by atoms with Gasteiger partial charge in [-0.25, -0.2) is 4.79 Å². The van der Waals surface area contributed by atoms with E-state index in [0.29, 0.717) is 24.2 Å². The Morgan fingerprint density at radius 2 is 1.83 bits per heavy atom. The van der Waals surface area contributed by atoms with E-state index >= 15 is 0 Å². The van der Waals surface area contributed by atoms with Gasteiger partial charge in [-0.1, -0.05) is 15.9 Å². The van der Waals surface area contributed by atoms with Crippen molar-refractivity contribution in [2.45, 2.75) is 70.6 Å². The molecular formula is C18H29BrN2O3. The fourth-order valence-corrected chi connectivity index (χ4v) is 4.93. The Balaban J connectivity index is 1.57. The standard InChI is InChI=1S/C18H29BrN2O3/c1-18(2,3)24-17(23)21-14-4-5-15(21)7-12(6-14)10-20-11-13(9-19)8-16(20)22/h12-15H,4-11H2,1-3H3/t12?,13?,14-,15+. The van der Waals surface area contributed by atoms with Crippen LogP contribution in [0.3, 0.4) is 0 Å². The molecule has 0 aromatic heterocycles. The van der Waals surface area contributed by atoms with Gasteiger partial charge in [-0.05, 0) is 58.3 Å². The Morgan fingerprint density at radius 1 is 1.21 bits per heavy atom. The molecule has 2 bridgehead atoms. The first-order chi connectivity index (χ1) is 11.3. The summed E-state index contributed by atoms with van der Waals surface area (Å²) in [5.74, 6) is 1.26. The quantitative estimate of drug-likeness (QED) is 0.681. The monoisotopic (exact) mass is 400 g/mol. The van der Waals surface area contributed by atoms with E-state index in [2.05, 4.69) is 15.9 Å². The molecule has 2 unspecified atom stereocenters. The first-order valence-electron chi connectivity index (χ1n) is 9.12. The van der Waals surface area contributed by atoms with Crippen molar-refractivity contribution in [2.24, 2.45) is 11.8 Å². The summed E-state index contributed by atoms with van der Waals surface area (Å²) in [6.45, 7) is 7.49. The zero-order chi connectivity index (χ0) is 17.5. The van der Waals surface area contributed by atoms with Gasteiger partial charge >= 0.3 is 6.09 Å². The highest BCUT2D eigenvalue weighted by molar-refractivity contribution is 9.09. The molecule has 4 atom stereocenters. The molecule has 3 saturated heterocycles. The Bertz CT molecular complexity index is 491. The molecule has 3 rings (SSSR count). The van der Waals surface area contributed by atoms with Gasteiger partial charge in [0, 0.05) is 36.9 Å². The number of nitrogens with zero attached hydrogens (tertiary/aromatic N) is 2. The molecule has 136 valence electrons. The van der Waals surface area contributed by atoms with E-state index in [1.54, 1.807) is 0 Å².